The number of fused-ring (bicyclic) bond motifs is 2. The minimum Gasteiger partial charge on any atom is -0.422 e. The van der Waals surface area contributed by atoms with Gasteiger partial charge < -0.3 is 18.9 Å². The lowest BCUT2D eigenvalue weighted by molar-refractivity contribution is -0.137. The molecule has 0 fully saturated rings. The molecule has 0 saturated heterocycles. The van der Waals surface area contributed by atoms with Gasteiger partial charge in [0.25, 0.3) is 0 Å². The van der Waals surface area contributed by atoms with E-state index in [-0.39, 0.29) is 72.6 Å². The Balaban J connectivity index is 1.80. The predicted molar refractivity (Wildman–Crippen MR) is 291 cm³/mol. The van der Waals surface area contributed by atoms with Crippen molar-refractivity contribution in [2.45, 2.75) is 285 Å². The Morgan fingerprint density at radius 2 is 0.400 bits per heavy atom. The van der Waals surface area contributed by atoms with Gasteiger partial charge >= 0.3 is 23.9 Å². The van der Waals surface area contributed by atoms with Crippen molar-refractivity contribution in [3.05, 3.63) is 36.4 Å². The summed E-state index contributed by atoms with van der Waals surface area (Å²) in [7, 11) is 0. The highest BCUT2D eigenvalue weighted by Gasteiger charge is 2.19. The number of rotatable bonds is 44. The number of ether oxygens (including phenoxy) is 4. The molecular weight excluding hydrogens is 873 g/mol. The van der Waals surface area contributed by atoms with E-state index in [1.54, 1.807) is 24.3 Å². The molecule has 0 aromatic heterocycles. The van der Waals surface area contributed by atoms with Gasteiger partial charge in [0, 0.05) is 25.7 Å². The Morgan fingerprint density at radius 1 is 0.243 bits per heavy atom. The molecule has 0 spiro atoms. The third-order valence-electron chi connectivity index (χ3n) is 13.8. The highest BCUT2D eigenvalue weighted by molar-refractivity contribution is 6.01. The lowest BCUT2D eigenvalue weighted by Gasteiger charge is -2.15. The van der Waals surface area contributed by atoms with Crippen LogP contribution < -0.4 is 18.9 Å². The summed E-state index contributed by atoms with van der Waals surface area (Å²) >= 11 is 0. The molecule has 70 heavy (non-hydrogen) atoms. The van der Waals surface area contributed by atoms with Crippen LogP contribution in [0.5, 0.6) is 23.0 Å². The monoisotopic (exact) mass is 971 g/mol. The summed E-state index contributed by atoms with van der Waals surface area (Å²) in [6.45, 7) is 8.93. The number of carbonyl (C=O) groups excluding carboxylic acids is 4. The number of carbonyl (C=O) groups is 4. The SMILES string of the molecule is CCCCCCCCCCCC(=O)Oc1cc2cc3cc(OC(=O)CCCCCCCCCCC)c(OC(=O)CCCCCCCCCCC)cc3cc2cc1OC(=O)CCCCCCCCCCC. The molecule has 0 bridgehead atoms. The fourth-order valence-electron chi connectivity index (χ4n) is 9.35. The Bertz CT molecular complexity index is 1620. The van der Waals surface area contributed by atoms with E-state index in [0.29, 0.717) is 0 Å². The van der Waals surface area contributed by atoms with Crippen LogP contribution in [0.2, 0.25) is 0 Å². The average molecular weight is 971 g/mol. The highest BCUT2D eigenvalue weighted by atomic mass is 16.6. The van der Waals surface area contributed by atoms with Crippen LogP contribution in [0, 0.1) is 0 Å². The number of benzene rings is 3. The topological polar surface area (TPSA) is 105 Å². The van der Waals surface area contributed by atoms with E-state index in [1.165, 1.54) is 154 Å². The Kier molecular flexibility index (Phi) is 34.2. The van der Waals surface area contributed by atoms with Gasteiger partial charge in [0.15, 0.2) is 23.0 Å². The summed E-state index contributed by atoms with van der Waals surface area (Å²) in [5.41, 5.74) is 0. The molecular formula is C62H98O8. The molecule has 0 saturated carbocycles. The van der Waals surface area contributed by atoms with E-state index >= 15 is 0 Å². The van der Waals surface area contributed by atoms with Crippen LogP contribution in [-0.4, -0.2) is 23.9 Å². The van der Waals surface area contributed by atoms with E-state index < -0.39 is 0 Å². The fourth-order valence-corrected chi connectivity index (χ4v) is 9.35. The van der Waals surface area contributed by atoms with Crippen LogP contribution in [0.4, 0.5) is 0 Å². The summed E-state index contributed by atoms with van der Waals surface area (Å²) in [4.78, 5) is 53.3. The van der Waals surface area contributed by atoms with Crippen molar-refractivity contribution >= 4 is 45.4 Å². The van der Waals surface area contributed by atoms with Gasteiger partial charge in [-0.3, -0.25) is 19.2 Å². The van der Waals surface area contributed by atoms with Crippen molar-refractivity contribution in [3.63, 3.8) is 0 Å². The summed E-state index contributed by atoms with van der Waals surface area (Å²) in [6.07, 6.45) is 42.4. The second-order valence-electron chi connectivity index (χ2n) is 20.4. The zero-order chi connectivity index (χ0) is 50.3. The zero-order valence-corrected chi connectivity index (χ0v) is 45.0. The minimum absolute atomic E-state index is 0.211. The lowest BCUT2D eigenvalue weighted by Crippen LogP contribution is -2.12. The van der Waals surface area contributed by atoms with Crippen LogP contribution >= 0.6 is 0 Å². The summed E-state index contributed by atoms with van der Waals surface area (Å²) in [5, 5.41) is 3.05. The molecule has 8 heteroatoms. The van der Waals surface area contributed by atoms with Crippen LogP contribution in [0.15, 0.2) is 36.4 Å². The Hall–Kier alpha value is -3.94. The summed E-state index contributed by atoms with van der Waals surface area (Å²) in [6, 6.07) is 10.9. The average Bonchev–Trinajstić information content (AvgIpc) is 3.34. The second-order valence-corrected chi connectivity index (χ2v) is 20.4. The zero-order valence-electron chi connectivity index (χ0n) is 45.0. The molecule has 0 atom stereocenters. The maximum absolute atomic E-state index is 13.3. The highest BCUT2D eigenvalue weighted by Crippen LogP contribution is 2.39. The van der Waals surface area contributed by atoms with E-state index in [4.69, 9.17) is 18.9 Å². The Morgan fingerprint density at radius 3 is 0.571 bits per heavy atom. The molecule has 0 N–H and O–H groups in total. The second kappa shape index (κ2) is 39.6. The van der Waals surface area contributed by atoms with Crippen LogP contribution in [-0.2, 0) is 19.2 Å². The first-order chi connectivity index (χ1) is 34.3. The van der Waals surface area contributed by atoms with Gasteiger partial charge in [0.1, 0.15) is 0 Å². The molecule has 0 aliphatic carbocycles. The molecule has 3 rings (SSSR count). The maximum atomic E-state index is 13.3. The van der Waals surface area contributed by atoms with Crippen molar-refractivity contribution in [2.24, 2.45) is 0 Å². The van der Waals surface area contributed by atoms with Crippen molar-refractivity contribution in [1.82, 2.24) is 0 Å². The van der Waals surface area contributed by atoms with Crippen LogP contribution in [0.25, 0.3) is 21.5 Å². The molecule has 8 nitrogen and oxygen atoms in total. The summed E-state index contributed by atoms with van der Waals surface area (Å²) < 4.78 is 24.0. The van der Waals surface area contributed by atoms with Gasteiger partial charge in [0.05, 0.1) is 0 Å². The first-order valence-electron chi connectivity index (χ1n) is 29.2. The molecule has 0 unspecified atom stereocenters. The first kappa shape index (κ1) is 60.4. The molecule has 3 aromatic carbocycles. The first-order valence-corrected chi connectivity index (χ1v) is 29.2. The van der Waals surface area contributed by atoms with Crippen molar-refractivity contribution in [2.75, 3.05) is 0 Å². The largest absolute Gasteiger partial charge is 0.422 e. The normalized spacial score (nSPS) is 11.4. The van der Waals surface area contributed by atoms with Gasteiger partial charge in [-0.2, -0.15) is 0 Å². The number of hydrogen-bond acceptors (Lipinski definition) is 8. The fraction of sp³-hybridized carbons (Fsp3) is 0.710. The van der Waals surface area contributed by atoms with Gasteiger partial charge in [0.2, 0.25) is 0 Å². The van der Waals surface area contributed by atoms with Crippen molar-refractivity contribution in [1.29, 1.82) is 0 Å². The van der Waals surface area contributed by atoms with E-state index in [2.05, 4.69) is 27.7 Å². The van der Waals surface area contributed by atoms with Gasteiger partial charge in [-0.1, -0.05) is 233 Å². The third-order valence-corrected chi connectivity index (χ3v) is 13.8. The number of hydrogen-bond donors (Lipinski definition) is 0. The lowest BCUT2D eigenvalue weighted by atomic mass is 10.0. The third kappa shape index (κ3) is 27.6. The molecule has 3 aromatic rings. The van der Waals surface area contributed by atoms with Crippen LogP contribution in [0.3, 0.4) is 0 Å². The van der Waals surface area contributed by atoms with Gasteiger partial charge in [-0.15, -0.1) is 0 Å². The molecule has 0 aliphatic heterocycles. The van der Waals surface area contributed by atoms with Gasteiger partial charge in [-0.25, -0.2) is 0 Å². The van der Waals surface area contributed by atoms with Crippen LogP contribution in [0.1, 0.15) is 285 Å². The maximum Gasteiger partial charge on any atom is 0.311 e. The quantitative estimate of drug-likeness (QED) is 0.0239. The van der Waals surface area contributed by atoms with Crippen molar-refractivity contribution < 1.29 is 38.1 Å². The predicted octanol–water partition coefficient (Wildman–Crippen LogP) is 19.3. The molecule has 0 radical (unpaired) electrons. The van der Waals surface area contributed by atoms with E-state index in [0.717, 1.165) is 98.6 Å². The molecule has 0 amide bonds. The van der Waals surface area contributed by atoms with E-state index in [1.807, 2.05) is 12.1 Å². The summed E-state index contributed by atoms with van der Waals surface area (Å²) in [5.74, 6) is -0.566. The number of esters is 4. The standard InChI is InChI=1S/C62H98O8/c1-5-9-13-17-21-25-29-33-37-41-59(63)67-55-47-51-45-53-49-57(69-61(65)43-39-35-31-27-23-19-15-11-7-3)58(70-62(66)44-40-36-32-28-24-20-16-12-8-4)50-54(53)46-52(51)48-56(55)68-60(64)42-38-34-30-26-22-18-14-10-6-2/h45-50H,5-44H2,1-4H3. The van der Waals surface area contributed by atoms with Gasteiger partial charge in [-0.05, 0) is 83.6 Å². The number of unbranched alkanes of at least 4 members (excludes halogenated alkanes) is 32. The molecule has 0 aliphatic rings. The molecule has 394 valence electrons. The molecule has 0 heterocycles. The smallest absolute Gasteiger partial charge is 0.311 e. The van der Waals surface area contributed by atoms with Crippen molar-refractivity contribution in [3.8, 4) is 23.0 Å². The minimum atomic E-state index is -0.352. The van der Waals surface area contributed by atoms with E-state index in [9.17, 15) is 19.2 Å². The Labute approximate surface area is 425 Å².